The van der Waals surface area contributed by atoms with Crippen molar-refractivity contribution in [2.45, 2.75) is 63.8 Å². The van der Waals surface area contributed by atoms with Crippen LogP contribution in [-0.2, 0) is 14.8 Å². The molecule has 5 rings (SSSR count). The van der Waals surface area contributed by atoms with E-state index in [1.165, 1.54) is 36.4 Å². The number of carbonyl (C=O) groups is 1. The first-order valence-corrected chi connectivity index (χ1v) is 12.7. The molecule has 4 aliphatic carbocycles. The van der Waals surface area contributed by atoms with Crippen LogP contribution in [0.15, 0.2) is 29.2 Å². The van der Waals surface area contributed by atoms with Crippen molar-refractivity contribution in [2.75, 3.05) is 13.1 Å². The van der Waals surface area contributed by atoms with Crippen LogP contribution in [0.2, 0.25) is 0 Å². The second kappa shape index (κ2) is 8.03. The second-order valence-electron chi connectivity index (χ2n) is 9.35. The second-order valence-corrected chi connectivity index (χ2v) is 11.3. The molecule has 1 aromatic rings. The van der Waals surface area contributed by atoms with Gasteiger partial charge in [0, 0.05) is 19.0 Å². The van der Waals surface area contributed by atoms with Crippen molar-refractivity contribution in [3.05, 3.63) is 29.8 Å². The van der Waals surface area contributed by atoms with Crippen LogP contribution in [0.3, 0.4) is 0 Å². The molecule has 4 bridgehead atoms. The fraction of sp³-hybridized carbons (Fsp3) is 0.696. The molecule has 1 aromatic carbocycles. The Bertz CT molecular complexity index is 817. The van der Waals surface area contributed by atoms with Crippen LogP contribution >= 0.6 is 0 Å². The van der Waals surface area contributed by atoms with Crippen LogP contribution in [0, 0.1) is 29.6 Å². The van der Waals surface area contributed by atoms with Crippen LogP contribution in [0.1, 0.15) is 64.5 Å². The van der Waals surface area contributed by atoms with Crippen LogP contribution in [0.4, 0.5) is 0 Å². The van der Waals surface area contributed by atoms with E-state index in [0.717, 1.165) is 17.4 Å². The molecule has 4 fully saturated rings. The summed E-state index contributed by atoms with van der Waals surface area (Å²) in [6.07, 6.45) is 6.32. The lowest BCUT2D eigenvalue weighted by Gasteiger charge is -2.53. The highest BCUT2D eigenvalue weighted by atomic mass is 32.2. The highest BCUT2D eigenvalue weighted by molar-refractivity contribution is 7.89. The summed E-state index contributed by atoms with van der Waals surface area (Å²) in [5.74, 6) is 3.23. The summed E-state index contributed by atoms with van der Waals surface area (Å²) in [5, 5.41) is 3.23. The topological polar surface area (TPSA) is 66.5 Å². The average Bonchev–Trinajstić information content (AvgIpc) is 2.68. The number of sulfonamides is 1. The predicted octanol–water partition coefficient (Wildman–Crippen LogP) is 3.97. The van der Waals surface area contributed by atoms with E-state index in [1.54, 1.807) is 12.1 Å². The molecule has 1 N–H and O–H groups in total. The molecule has 6 heteroatoms. The minimum absolute atomic E-state index is 0.120. The van der Waals surface area contributed by atoms with Crippen molar-refractivity contribution < 1.29 is 13.2 Å². The van der Waals surface area contributed by atoms with Crippen molar-refractivity contribution in [3.63, 3.8) is 0 Å². The lowest BCUT2D eigenvalue weighted by Crippen LogP contribution is -2.51. The molecule has 4 saturated carbocycles. The lowest BCUT2D eigenvalue weighted by molar-refractivity contribution is -0.138. The minimum Gasteiger partial charge on any atom is -0.349 e. The molecule has 4 aliphatic rings. The van der Waals surface area contributed by atoms with Gasteiger partial charge in [0.25, 0.3) is 0 Å². The van der Waals surface area contributed by atoms with E-state index >= 15 is 0 Å². The van der Waals surface area contributed by atoms with E-state index in [2.05, 4.69) is 5.32 Å². The third-order valence-corrected chi connectivity index (χ3v) is 9.68. The zero-order chi connectivity index (χ0) is 20.8. The van der Waals surface area contributed by atoms with Crippen molar-refractivity contribution in [3.8, 4) is 0 Å². The molecule has 29 heavy (non-hydrogen) atoms. The molecular formula is C23H34N2O3S. The van der Waals surface area contributed by atoms with E-state index in [0.29, 0.717) is 29.8 Å². The molecule has 1 unspecified atom stereocenters. The molecular weight excluding hydrogens is 384 g/mol. The van der Waals surface area contributed by atoms with Gasteiger partial charge in [0.1, 0.15) is 0 Å². The van der Waals surface area contributed by atoms with Gasteiger partial charge in [0.05, 0.1) is 10.9 Å². The van der Waals surface area contributed by atoms with E-state index in [1.807, 2.05) is 32.9 Å². The Morgan fingerprint density at radius 3 is 2.00 bits per heavy atom. The van der Waals surface area contributed by atoms with Gasteiger partial charge in [-0.1, -0.05) is 26.0 Å². The van der Waals surface area contributed by atoms with Gasteiger partial charge >= 0.3 is 0 Å². The Morgan fingerprint density at radius 2 is 1.52 bits per heavy atom. The summed E-state index contributed by atoms with van der Waals surface area (Å²) >= 11 is 0. The first-order chi connectivity index (χ1) is 13.8. The smallest absolute Gasteiger partial charge is 0.243 e. The molecule has 5 nitrogen and oxygen atoms in total. The maximum absolute atomic E-state index is 13.1. The van der Waals surface area contributed by atoms with Gasteiger partial charge in [-0.05, 0) is 80.4 Å². The Balaban J connectivity index is 1.42. The largest absolute Gasteiger partial charge is 0.349 e. The number of hydrogen-bond acceptors (Lipinski definition) is 3. The summed E-state index contributed by atoms with van der Waals surface area (Å²) in [6.45, 7) is 6.59. The fourth-order valence-corrected chi connectivity index (χ4v) is 7.85. The fourth-order valence-electron chi connectivity index (χ4n) is 6.39. The number of hydrogen-bond donors (Lipinski definition) is 1. The van der Waals surface area contributed by atoms with E-state index < -0.39 is 10.0 Å². The first kappa shape index (κ1) is 20.9. The summed E-state index contributed by atoms with van der Waals surface area (Å²) < 4.78 is 26.8. The molecule has 0 aromatic heterocycles. The summed E-state index contributed by atoms with van der Waals surface area (Å²) in [5.41, 5.74) is 0.945. The predicted molar refractivity (Wildman–Crippen MR) is 114 cm³/mol. The summed E-state index contributed by atoms with van der Waals surface area (Å²) in [6, 6.07) is 6.87. The molecule has 1 amide bonds. The molecule has 160 valence electrons. The van der Waals surface area contributed by atoms with Gasteiger partial charge in [0.2, 0.25) is 15.9 Å². The normalized spacial score (nSPS) is 31.8. The van der Waals surface area contributed by atoms with Crippen molar-refractivity contribution in [2.24, 2.45) is 29.6 Å². The van der Waals surface area contributed by atoms with E-state index in [9.17, 15) is 13.2 Å². The van der Waals surface area contributed by atoms with Gasteiger partial charge in [-0.2, -0.15) is 4.31 Å². The zero-order valence-corrected chi connectivity index (χ0v) is 18.6. The molecule has 0 radical (unpaired) electrons. The number of benzene rings is 1. The van der Waals surface area contributed by atoms with Gasteiger partial charge in [-0.15, -0.1) is 0 Å². The maximum Gasteiger partial charge on any atom is 0.243 e. The number of nitrogens with one attached hydrogen (secondary N) is 1. The number of amides is 1. The van der Waals surface area contributed by atoms with Crippen LogP contribution in [-0.4, -0.2) is 31.7 Å². The van der Waals surface area contributed by atoms with Crippen LogP contribution in [0.25, 0.3) is 0 Å². The van der Waals surface area contributed by atoms with E-state index in [-0.39, 0.29) is 17.9 Å². The SMILES string of the molecule is CCN(CC)S(=O)(=O)c1ccc(C(C)NC(=O)C2C3CC4CC(C3)CC2C4)cc1. The minimum atomic E-state index is -3.45. The molecule has 0 heterocycles. The maximum atomic E-state index is 13.1. The number of carbonyl (C=O) groups excluding carboxylic acids is 1. The average molecular weight is 419 g/mol. The van der Waals surface area contributed by atoms with Gasteiger partial charge in [0.15, 0.2) is 0 Å². The third-order valence-electron chi connectivity index (χ3n) is 7.61. The van der Waals surface area contributed by atoms with Crippen molar-refractivity contribution >= 4 is 15.9 Å². The van der Waals surface area contributed by atoms with Gasteiger partial charge in [-0.25, -0.2) is 8.42 Å². The third kappa shape index (κ3) is 3.86. The van der Waals surface area contributed by atoms with Gasteiger partial charge in [-0.3, -0.25) is 4.79 Å². The number of rotatable bonds is 7. The molecule has 1 atom stereocenters. The zero-order valence-electron chi connectivity index (χ0n) is 17.8. The molecule has 0 spiro atoms. The Kier molecular flexibility index (Phi) is 5.77. The molecule has 0 saturated heterocycles. The highest BCUT2D eigenvalue weighted by Gasteiger charge is 2.50. The summed E-state index contributed by atoms with van der Waals surface area (Å²) in [7, 11) is -3.45. The highest BCUT2D eigenvalue weighted by Crippen LogP contribution is 2.56. The quantitative estimate of drug-likeness (QED) is 0.729. The van der Waals surface area contributed by atoms with Crippen molar-refractivity contribution in [1.29, 1.82) is 0 Å². The molecule has 0 aliphatic heterocycles. The van der Waals surface area contributed by atoms with Crippen LogP contribution in [0.5, 0.6) is 0 Å². The Morgan fingerprint density at radius 1 is 1.00 bits per heavy atom. The number of nitrogens with zero attached hydrogens (tertiary/aromatic N) is 1. The Hall–Kier alpha value is -1.40. The van der Waals surface area contributed by atoms with Crippen molar-refractivity contribution in [1.82, 2.24) is 9.62 Å². The Labute approximate surface area is 175 Å². The van der Waals surface area contributed by atoms with Gasteiger partial charge < -0.3 is 5.32 Å². The standard InChI is InChI=1S/C23H34N2O3S/c1-4-25(5-2)29(27,28)21-8-6-18(7-9-21)15(3)24-23(26)22-19-11-16-10-17(13-19)14-20(22)12-16/h6-9,15-17,19-20,22H,4-5,10-14H2,1-3H3,(H,24,26). The van der Waals surface area contributed by atoms with Crippen LogP contribution < -0.4 is 5.32 Å². The monoisotopic (exact) mass is 418 g/mol. The van der Waals surface area contributed by atoms with E-state index in [4.69, 9.17) is 0 Å². The first-order valence-electron chi connectivity index (χ1n) is 11.2. The summed E-state index contributed by atoms with van der Waals surface area (Å²) in [4.78, 5) is 13.4. The lowest BCUT2D eigenvalue weighted by atomic mass is 9.51.